The molecule has 0 bridgehead atoms. The molecule has 0 radical (unpaired) electrons. The number of piperazine rings is 1. The standard InChI is InChI=1S/C24H29FN4O2S2/c1-27(2)21-9-5-19(6-10-21)23(18-26-33(30,31)24-4-3-17-32-24)29-15-13-28(14-16-29)22-11-7-20(25)8-12-22/h3-12,17,23,26H,13-16,18H2,1-2H3. The van der Waals surface area contributed by atoms with Gasteiger partial charge >= 0.3 is 0 Å². The van der Waals surface area contributed by atoms with E-state index in [0.717, 1.165) is 43.1 Å². The number of anilines is 2. The van der Waals surface area contributed by atoms with Crippen molar-refractivity contribution in [2.24, 2.45) is 0 Å². The summed E-state index contributed by atoms with van der Waals surface area (Å²) in [5, 5.41) is 1.76. The molecule has 0 spiro atoms. The molecular weight excluding hydrogens is 459 g/mol. The lowest BCUT2D eigenvalue weighted by molar-refractivity contribution is 0.187. The van der Waals surface area contributed by atoms with Gasteiger partial charge in [-0.2, -0.15) is 0 Å². The number of rotatable bonds is 8. The van der Waals surface area contributed by atoms with Crippen molar-refractivity contribution < 1.29 is 12.8 Å². The van der Waals surface area contributed by atoms with Gasteiger partial charge in [0.15, 0.2) is 0 Å². The molecule has 9 heteroatoms. The van der Waals surface area contributed by atoms with Crippen LogP contribution in [0.5, 0.6) is 0 Å². The van der Waals surface area contributed by atoms with Crippen LogP contribution in [0.2, 0.25) is 0 Å². The monoisotopic (exact) mass is 488 g/mol. The van der Waals surface area contributed by atoms with Crippen LogP contribution in [0, 0.1) is 5.82 Å². The molecular formula is C24H29FN4O2S2. The van der Waals surface area contributed by atoms with E-state index in [2.05, 4.69) is 38.8 Å². The number of hydrogen-bond acceptors (Lipinski definition) is 6. The van der Waals surface area contributed by atoms with E-state index >= 15 is 0 Å². The fourth-order valence-corrected chi connectivity index (χ4v) is 6.15. The highest BCUT2D eigenvalue weighted by molar-refractivity contribution is 7.91. The second-order valence-electron chi connectivity index (χ2n) is 8.29. The molecule has 1 saturated heterocycles. The van der Waals surface area contributed by atoms with Crippen LogP contribution in [0.1, 0.15) is 11.6 Å². The average molecular weight is 489 g/mol. The smallest absolute Gasteiger partial charge is 0.250 e. The van der Waals surface area contributed by atoms with Gasteiger partial charge in [-0.05, 0) is 53.4 Å². The van der Waals surface area contributed by atoms with Gasteiger partial charge in [-0.1, -0.05) is 18.2 Å². The fraction of sp³-hybridized carbons (Fsp3) is 0.333. The van der Waals surface area contributed by atoms with Gasteiger partial charge in [0, 0.05) is 64.2 Å². The summed E-state index contributed by atoms with van der Waals surface area (Å²) in [6.07, 6.45) is 0. The Hall–Kier alpha value is -2.46. The van der Waals surface area contributed by atoms with Crippen molar-refractivity contribution in [1.29, 1.82) is 0 Å². The Balaban J connectivity index is 1.50. The van der Waals surface area contributed by atoms with E-state index in [1.54, 1.807) is 29.6 Å². The molecule has 1 aliphatic rings. The Bertz CT molecular complexity index is 1130. The average Bonchev–Trinajstić information content (AvgIpc) is 3.37. The highest BCUT2D eigenvalue weighted by Gasteiger charge is 2.27. The molecule has 0 saturated carbocycles. The Morgan fingerprint density at radius 1 is 1.00 bits per heavy atom. The van der Waals surface area contributed by atoms with Crippen LogP contribution >= 0.6 is 11.3 Å². The first-order valence-corrected chi connectivity index (χ1v) is 13.2. The van der Waals surface area contributed by atoms with Crippen molar-refractivity contribution in [3.05, 3.63) is 77.4 Å². The third-order valence-electron chi connectivity index (χ3n) is 5.97. The van der Waals surface area contributed by atoms with E-state index in [1.807, 2.05) is 19.0 Å². The fourth-order valence-electron chi connectivity index (χ4n) is 4.07. The van der Waals surface area contributed by atoms with Crippen LogP contribution < -0.4 is 14.5 Å². The lowest BCUT2D eigenvalue weighted by Gasteiger charge is -2.40. The lowest BCUT2D eigenvalue weighted by Crippen LogP contribution is -2.49. The molecule has 3 aromatic rings. The van der Waals surface area contributed by atoms with Crippen molar-refractivity contribution in [3.63, 3.8) is 0 Å². The van der Waals surface area contributed by atoms with Gasteiger partial charge in [-0.15, -0.1) is 11.3 Å². The molecule has 1 atom stereocenters. The first-order valence-electron chi connectivity index (χ1n) is 10.9. The summed E-state index contributed by atoms with van der Waals surface area (Å²) in [4.78, 5) is 6.60. The summed E-state index contributed by atoms with van der Waals surface area (Å²) in [6, 6.07) is 18.1. The van der Waals surface area contributed by atoms with Gasteiger partial charge < -0.3 is 9.80 Å². The predicted molar refractivity (Wildman–Crippen MR) is 133 cm³/mol. The molecule has 1 N–H and O–H groups in total. The molecule has 1 aliphatic heterocycles. The van der Waals surface area contributed by atoms with Gasteiger partial charge in [-0.3, -0.25) is 4.90 Å². The zero-order valence-electron chi connectivity index (χ0n) is 18.8. The lowest BCUT2D eigenvalue weighted by atomic mass is 10.0. The zero-order valence-corrected chi connectivity index (χ0v) is 20.4. The summed E-state index contributed by atoms with van der Waals surface area (Å²) in [6.45, 7) is 3.42. The highest BCUT2D eigenvalue weighted by atomic mass is 32.2. The SMILES string of the molecule is CN(C)c1ccc(C(CNS(=O)(=O)c2cccs2)N2CCN(c3ccc(F)cc3)CC2)cc1. The topological polar surface area (TPSA) is 55.9 Å². The summed E-state index contributed by atoms with van der Waals surface area (Å²) >= 11 is 1.21. The number of nitrogens with one attached hydrogen (secondary N) is 1. The maximum atomic E-state index is 13.3. The molecule has 1 unspecified atom stereocenters. The summed E-state index contributed by atoms with van der Waals surface area (Å²) in [5.74, 6) is -0.239. The molecule has 2 heterocycles. The third-order valence-corrected chi connectivity index (χ3v) is 8.79. The third kappa shape index (κ3) is 5.73. The van der Waals surface area contributed by atoms with Crippen LogP contribution in [-0.2, 0) is 10.0 Å². The minimum atomic E-state index is -3.55. The minimum absolute atomic E-state index is 0.0914. The predicted octanol–water partition coefficient (Wildman–Crippen LogP) is 3.80. The first kappa shape index (κ1) is 23.7. The van der Waals surface area contributed by atoms with Gasteiger partial charge in [-0.25, -0.2) is 17.5 Å². The number of hydrogen-bond donors (Lipinski definition) is 1. The van der Waals surface area contributed by atoms with E-state index < -0.39 is 10.0 Å². The second-order valence-corrected chi connectivity index (χ2v) is 11.2. The van der Waals surface area contributed by atoms with Crippen LogP contribution in [0.3, 0.4) is 0 Å². The molecule has 176 valence electrons. The van der Waals surface area contributed by atoms with Crippen molar-refractivity contribution in [3.8, 4) is 0 Å². The van der Waals surface area contributed by atoms with Crippen molar-refractivity contribution in [1.82, 2.24) is 9.62 Å². The van der Waals surface area contributed by atoms with E-state index in [9.17, 15) is 12.8 Å². The molecule has 1 fully saturated rings. The van der Waals surface area contributed by atoms with Crippen LogP contribution in [0.15, 0.2) is 70.3 Å². The van der Waals surface area contributed by atoms with E-state index in [-0.39, 0.29) is 18.4 Å². The molecule has 4 rings (SSSR count). The van der Waals surface area contributed by atoms with E-state index in [4.69, 9.17) is 0 Å². The highest BCUT2D eigenvalue weighted by Crippen LogP contribution is 2.27. The van der Waals surface area contributed by atoms with E-state index in [0.29, 0.717) is 4.21 Å². The van der Waals surface area contributed by atoms with Gasteiger partial charge in [0.1, 0.15) is 10.0 Å². The number of sulfonamides is 1. The Morgan fingerprint density at radius 2 is 1.67 bits per heavy atom. The Labute approximate surface area is 199 Å². The van der Waals surface area contributed by atoms with Crippen molar-refractivity contribution in [2.45, 2.75) is 10.3 Å². The molecule has 2 aromatic carbocycles. The minimum Gasteiger partial charge on any atom is -0.378 e. The van der Waals surface area contributed by atoms with Gasteiger partial charge in [0.2, 0.25) is 10.0 Å². The van der Waals surface area contributed by atoms with Gasteiger partial charge in [0.05, 0.1) is 0 Å². The maximum Gasteiger partial charge on any atom is 0.250 e. The molecule has 1 aromatic heterocycles. The summed E-state index contributed by atoms with van der Waals surface area (Å²) in [7, 11) is 0.442. The number of thiophene rings is 1. The summed E-state index contributed by atoms with van der Waals surface area (Å²) in [5.41, 5.74) is 3.17. The molecule has 33 heavy (non-hydrogen) atoms. The normalized spacial score (nSPS) is 16.0. The maximum absolute atomic E-state index is 13.3. The van der Waals surface area contributed by atoms with E-state index in [1.165, 1.54) is 23.5 Å². The van der Waals surface area contributed by atoms with Crippen LogP contribution in [-0.4, -0.2) is 60.1 Å². The number of benzene rings is 2. The quantitative estimate of drug-likeness (QED) is 0.523. The largest absolute Gasteiger partial charge is 0.378 e. The van der Waals surface area contributed by atoms with Crippen molar-refractivity contribution >= 4 is 32.7 Å². The molecule has 6 nitrogen and oxygen atoms in total. The van der Waals surface area contributed by atoms with Crippen molar-refractivity contribution in [2.75, 3.05) is 56.6 Å². The van der Waals surface area contributed by atoms with Crippen LogP contribution in [0.25, 0.3) is 0 Å². The second kappa shape index (κ2) is 10.2. The molecule has 0 amide bonds. The first-order chi connectivity index (χ1) is 15.8. The number of nitrogens with zero attached hydrogens (tertiary/aromatic N) is 3. The van der Waals surface area contributed by atoms with Crippen LogP contribution in [0.4, 0.5) is 15.8 Å². The van der Waals surface area contributed by atoms with Gasteiger partial charge in [0.25, 0.3) is 0 Å². The zero-order chi connectivity index (χ0) is 23.4. The Morgan fingerprint density at radius 3 is 2.24 bits per heavy atom. The Kier molecular flexibility index (Phi) is 7.33. The molecule has 0 aliphatic carbocycles. The summed E-state index contributed by atoms with van der Waals surface area (Å²) < 4.78 is 41.9. The number of halogens is 1.